The zero-order chi connectivity index (χ0) is 23.0. The molecule has 2 fully saturated rings. The number of fused-ring (bicyclic) bond motifs is 1. The van der Waals surface area contributed by atoms with Crippen molar-refractivity contribution in [2.45, 2.75) is 49.6 Å². The summed E-state index contributed by atoms with van der Waals surface area (Å²) in [4.78, 5) is 30.2. The number of pyridine rings is 2. The van der Waals surface area contributed by atoms with Gasteiger partial charge in [0.1, 0.15) is 11.2 Å². The molecule has 0 radical (unpaired) electrons. The van der Waals surface area contributed by atoms with Gasteiger partial charge in [0, 0.05) is 30.1 Å². The predicted molar refractivity (Wildman–Crippen MR) is 121 cm³/mol. The molecular weight excluding hydrogens is 422 g/mol. The average molecular weight is 447 g/mol. The van der Waals surface area contributed by atoms with E-state index >= 15 is 0 Å². The number of ether oxygens (including phenoxy) is 1. The summed E-state index contributed by atoms with van der Waals surface area (Å²) in [5, 5.41) is 24.2. The van der Waals surface area contributed by atoms with Gasteiger partial charge in [-0.05, 0) is 49.6 Å². The van der Waals surface area contributed by atoms with Gasteiger partial charge in [-0.1, -0.05) is 18.2 Å². The number of anilines is 1. The highest BCUT2D eigenvalue weighted by Gasteiger charge is 2.52. The van der Waals surface area contributed by atoms with Gasteiger partial charge in [0.15, 0.2) is 0 Å². The van der Waals surface area contributed by atoms with Gasteiger partial charge in [-0.25, -0.2) is 0 Å². The number of benzene rings is 1. The van der Waals surface area contributed by atoms with Crippen LogP contribution in [-0.2, 0) is 4.74 Å². The molecule has 1 aliphatic heterocycles. The van der Waals surface area contributed by atoms with Gasteiger partial charge < -0.3 is 20.3 Å². The number of rotatable bonds is 4. The molecule has 4 atom stereocenters. The van der Waals surface area contributed by atoms with E-state index < -0.39 is 35.4 Å². The van der Waals surface area contributed by atoms with E-state index in [0.717, 1.165) is 6.42 Å². The van der Waals surface area contributed by atoms with E-state index in [1.54, 1.807) is 36.7 Å². The number of aromatic nitrogens is 2. The number of nitrogens with zero attached hydrogens (tertiary/aromatic N) is 2. The van der Waals surface area contributed by atoms with E-state index in [0.29, 0.717) is 29.8 Å². The van der Waals surface area contributed by atoms with E-state index in [1.807, 2.05) is 18.2 Å². The molecule has 1 saturated heterocycles. The number of amides is 1. The highest BCUT2D eigenvalue weighted by molar-refractivity contribution is 6.04. The average Bonchev–Trinajstić information content (AvgIpc) is 3.22. The van der Waals surface area contributed by atoms with Crippen molar-refractivity contribution in [3.8, 4) is 5.69 Å². The maximum absolute atomic E-state index is 13.1. The van der Waals surface area contributed by atoms with Crippen LogP contribution in [0.15, 0.2) is 71.9 Å². The normalized spacial score (nSPS) is 26.5. The number of nitrogens with one attached hydrogen (secondary N) is 1. The minimum atomic E-state index is -1.22. The number of hydrogen-bond donors (Lipinski definition) is 3. The number of carbonyl (C=O) groups is 1. The van der Waals surface area contributed by atoms with Crippen molar-refractivity contribution in [2.24, 2.45) is 0 Å². The minimum absolute atomic E-state index is 0.00841. The third-order valence-electron chi connectivity index (χ3n) is 6.62. The van der Waals surface area contributed by atoms with E-state index in [1.165, 1.54) is 16.8 Å². The lowest BCUT2D eigenvalue weighted by Gasteiger charge is -2.43. The molecule has 1 aliphatic carbocycles. The maximum Gasteiger partial charge on any atom is 0.267 e. The Labute approximate surface area is 190 Å². The zero-order valence-electron chi connectivity index (χ0n) is 17.9. The molecule has 0 unspecified atom stereocenters. The summed E-state index contributed by atoms with van der Waals surface area (Å²) in [5.74, 6) is -0.562. The van der Waals surface area contributed by atoms with Gasteiger partial charge in [0.2, 0.25) is 0 Å². The molecule has 2 aliphatic rings. The van der Waals surface area contributed by atoms with Crippen molar-refractivity contribution in [2.75, 3.05) is 5.32 Å². The Hall–Kier alpha value is -3.33. The van der Waals surface area contributed by atoms with Crippen LogP contribution in [0.2, 0.25) is 0 Å². The van der Waals surface area contributed by atoms with Gasteiger partial charge in [0.25, 0.3) is 11.5 Å². The topological polar surface area (TPSA) is 114 Å². The second kappa shape index (κ2) is 8.55. The standard InChI is InChI=1S/C25H25N3O5/c29-21-14-20(33-22-9-4-11-25(21,22)32)17-10-12-26-15-19(17)27-23(30)18-8-5-13-28(24(18)31)16-6-2-1-3-7-16/h1-3,5-8,10,12-13,15,20-22,29,32H,4,9,11,14H2,(H,27,30)/t20-,21-,22-,25+/m1/s1. The van der Waals surface area contributed by atoms with Gasteiger partial charge >= 0.3 is 0 Å². The highest BCUT2D eigenvalue weighted by atomic mass is 16.5. The Kier molecular flexibility index (Phi) is 5.57. The third kappa shape index (κ3) is 3.86. The van der Waals surface area contributed by atoms with Crippen LogP contribution in [0.5, 0.6) is 0 Å². The SMILES string of the molecule is O=C(Nc1cnccc1[C@H]1C[C@@H](O)[C@@]2(O)CCC[C@H]2O1)c1cccn(-c2ccccc2)c1=O. The summed E-state index contributed by atoms with van der Waals surface area (Å²) in [7, 11) is 0. The number of aliphatic hydroxyl groups excluding tert-OH is 1. The Morgan fingerprint density at radius 3 is 2.82 bits per heavy atom. The molecular formula is C25H25N3O5. The molecule has 0 spiro atoms. The fourth-order valence-corrected chi connectivity index (χ4v) is 4.85. The molecule has 0 bridgehead atoms. The van der Waals surface area contributed by atoms with Crippen LogP contribution >= 0.6 is 0 Å². The second-order valence-corrected chi connectivity index (χ2v) is 8.60. The summed E-state index contributed by atoms with van der Waals surface area (Å²) < 4.78 is 7.56. The van der Waals surface area contributed by atoms with Crippen LogP contribution in [0.4, 0.5) is 5.69 Å². The van der Waals surface area contributed by atoms with Gasteiger partial charge in [-0.15, -0.1) is 0 Å². The Bertz CT molecular complexity index is 1230. The molecule has 33 heavy (non-hydrogen) atoms. The number of hydrogen-bond acceptors (Lipinski definition) is 6. The summed E-state index contributed by atoms with van der Waals surface area (Å²) in [6.45, 7) is 0. The summed E-state index contributed by atoms with van der Waals surface area (Å²) in [6.07, 6.45) is 4.95. The lowest BCUT2D eigenvalue weighted by Crippen LogP contribution is -2.54. The lowest BCUT2D eigenvalue weighted by atomic mass is 9.84. The van der Waals surface area contributed by atoms with Gasteiger partial charge in [-0.3, -0.25) is 19.1 Å². The largest absolute Gasteiger partial charge is 0.390 e. The number of para-hydroxylation sites is 1. The molecule has 1 saturated carbocycles. The van der Waals surface area contributed by atoms with Crippen LogP contribution in [0.3, 0.4) is 0 Å². The first kappa shape index (κ1) is 21.5. The predicted octanol–water partition coefficient (Wildman–Crippen LogP) is 2.59. The van der Waals surface area contributed by atoms with E-state index in [-0.39, 0.29) is 12.0 Å². The monoisotopic (exact) mass is 447 g/mol. The van der Waals surface area contributed by atoms with Crippen molar-refractivity contribution in [3.63, 3.8) is 0 Å². The molecule has 1 amide bonds. The first-order chi connectivity index (χ1) is 16.0. The summed E-state index contributed by atoms with van der Waals surface area (Å²) in [5.41, 5.74) is 0.0357. The molecule has 3 aromatic rings. The van der Waals surface area contributed by atoms with Gasteiger partial charge in [0.05, 0.1) is 30.2 Å². The van der Waals surface area contributed by atoms with Crippen molar-refractivity contribution < 1.29 is 19.7 Å². The molecule has 170 valence electrons. The number of aliphatic hydroxyl groups is 2. The smallest absolute Gasteiger partial charge is 0.267 e. The van der Waals surface area contributed by atoms with Crippen LogP contribution < -0.4 is 10.9 Å². The van der Waals surface area contributed by atoms with Crippen LogP contribution in [0.1, 0.15) is 47.7 Å². The second-order valence-electron chi connectivity index (χ2n) is 8.60. The third-order valence-corrected chi connectivity index (χ3v) is 6.62. The van der Waals surface area contributed by atoms with Crippen molar-refractivity contribution in [3.05, 3.63) is 88.6 Å². The lowest BCUT2D eigenvalue weighted by molar-refractivity contribution is -0.215. The molecule has 8 nitrogen and oxygen atoms in total. The molecule has 3 N–H and O–H groups in total. The highest BCUT2D eigenvalue weighted by Crippen LogP contribution is 2.46. The molecule has 2 aromatic heterocycles. The van der Waals surface area contributed by atoms with Gasteiger partial charge in [-0.2, -0.15) is 0 Å². The first-order valence-corrected chi connectivity index (χ1v) is 11.1. The van der Waals surface area contributed by atoms with Crippen molar-refractivity contribution >= 4 is 11.6 Å². The van der Waals surface area contributed by atoms with E-state index in [4.69, 9.17) is 4.74 Å². The van der Waals surface area contributed by atoms with Crippen LogP contribution in [0.25, 0.3) is 5.69 Å². The van der Waals surface area contributed by atoms with Crippen LogP contribution in [-0.4, -0.2) is 43.5 Å². The Morgan fingerprint density at radius 1 is 1.18 bits per heavy atom. The van der Waals surface area contributed by atoms with Crippen molar-refractivity contribution in [1.29, 1.82) is 0 Å². The fourth-order valence-electron chi connectivity index (χ4n) is 4.85. The summed E-state index contributed by atoms with van der Waals surface area (Å²) >= 11 is 0. The van der Waals surface area contributed by atoms with E-state index in [2.05, 4.69) is 10.3 Å². The zero-order valence-corrected chi connectivity index (χ0v) is 17.9. The quantitative estimate of drug-likeness (QED) is 0.567. The Balaban J connectivity index is 1.42. The number of carbonyl (C=O) groups excluding carboxylic acids is 1. The molecule has 3 heterocycles. The molecule has 8 heteroatoms. The molecule has 1 aromatic carbocycles. The molecule has 5 rings (SSSR count). The fraction of sp³-hybridized carbons (Fsp3) is 0.320. The van der Waals surface area contributed by atoms with E-state index in [9.17, 15) is 19.8 Å². The first-order valence-electron chi connectivity index (χ1n) is 11.1. The van der Waals surface area contributed by atoms with Crippen molar-refractivity contribution in [1.82, 2.24) is 9.55 Å². The maximum atomic E-state index is 13.1. The minimum Gasteiger partial charge on any atom is -0.390 e. The van der Waals surface area contributed by atoms with Crippen LogP contribution in [0, 0.1) is 0 Å². The summed E-state index contributed by atoms with van der Waals surface area (Å²) in [6, 6.07) is 13.9. The Morgan fingerprint density at radius 2 is 2.00 bits per heavy atom.